The molecule has 0 aromatic rings. The lowest BCUT2D eigenvalue weighted by molar-refractivity contribution is -0.140. The van der Waals surface area contributed by atoms with Crippen molar-refractivity contribution >= 4 is 27.9 Å². The van der Waals surface area contributed by atoms with Crippen molar-refractivity contribution in [2.24, 2.45) is 0 Å². The minimum Gasteiger partial charge on any atom is -0.480 e. The third-order valence-corrected chi connectivity index (χ3v) is 5.77. The number of hydrogen-bond donors (Lipinski definition) is 1. The number of carboxylic acids is 1. The van der Waals surface area contributed by atoms with Gasteiger partial charge in [0.15, 0.2) is 0 Å². The first-order valence-corrected chi connectivity index (χ1v) is 8.00. The lowest BCUT2D eigenvalue weighted by Crippen LogP contribution is -2.48. The number of rotatable bonds is 6. The Morgan fingerprint density at radius 3 is 2.76 bits per heavy atom. The van der Waals surface area contributed by atoms with Gasteiger partial charge in [-0.05, 0) is 6.42 Å². The second-order valence-electron chi connectivity index (χ2n) is 3.92. The van der Waals surface area contributed by atoms with Crippen molar-refractivity contribution in [3.63, 3.8) is 0 Å². The van der Waals surface area contributed by atoms with Crippen LogP contribution in [0.5, 0.6) is 0 Å². The Hall–Kier alpha value is -0.310. The van der Waals surface area contributed by atoms with Gasteiger partial charge in [-0.15, -0.1) is 11.8 Å². The molecule has 0 aliphatic carbocycles. The maximum Gasteiger partial charge on any atom is 0.322 e. The van der Waals surface area contributed by atoms with E-state index in [0.29, 0.717) is 12.3 Å². The van der Waals surface area contributed by atoms with Gasteiger partial charge in [0.25, 0.3) is 10.2 Å². The maximum absolute atomic E-state index is 12.1. The maximum atomic E-state index is 12.1. The smallest absolute Gasteiger partial charge is 0.322 e. The minimum absolute atomic E-state index is 0.218. The lowest BCUT2D eigenvalue weighted by atomic mass is 10.3. The molecule has 1 fully saturated rings. The summed E-state index contributed by atoms with van der Waals surface area (Å²) >= 11 is 1.33. The van der Waals surface area contributed by atoms with Crippen LogP contribution in [-0.2, 0) is 15.0 Å². The Labute approximate surface area is 106 Å². The minimum atomic E-state index is -3.64. The molecule has 1 heterocycles. The molecule has 0 spiro atoms. The van der Waals surface area contributed by atoms with E-state index in [1.54, 1.807) is 0 Å². The first-order chi connectivity index (χ1) is 7.91. The van der Waals surface area contributed by atoms with Crippen LogP contribution in [0.25, 0.3) is 0 Å². The van der Waals surface area contributed by atoms with E-state index >= 15 is 0 Å². The molecule has 1 rings (SSSR count). The number of carbonyl (C=O) groups is 1. The Balaban J connectivity index is 2.78. The average Bonchev–Trinajstić information content (AvgIpc) is 2.75. The van der Waals surface area contributed by atoms with Gasteiger partial charge in [-0.3, -0.25) is 4.79 Å². The largest absolute Gasteiger partial charge is 0.480 e. The first-order valence-electron chi connectivity index (χ1n) is 5.45. The van der Waals surface area contributed by atoms with Gasteiger partial charge in [-0.1, -0.05) is 13.3 Å². The van der Waals surface area contributed by atoms with Gasteiger partial charge < -0.3 is 5.11 Å². The first kappa shape index (κ1) is 14.7. The monoisotopic (exact) mass is 282 g/mol. The quantitative estimate of drug-likeness (QED) is 0.764. The van der Waals surface area contributed by atoms with Crippen LogP contribution in [0.2, 0.25) is 0 Å². The number of thioether (sulfide) groups is 1. The summed E-state index contributed by atoms with van der Waals surface area (Å²) in [6.07, 6.45) is 1.67. The van der Waals surface area contributed by atoms with Gasteiger partial charge in [0.2, 0.25) is 0 Å². The Morgan fingerprint density at radius 2 is 2.24 bits per heavy atom. The van der Waals surface area contributed by atoms with Crippen molar-refractivity contribution in [2.75, 3.05) is 25.2 Å². The molecule has 0 saturated carbocycles. The molecule has 0 aromatic heterocycles. The van der Waals surface area contributed by atoms with E-state index in [2.05, 4.69) is 0 Å². The van der Waals surface area contributed by atoms with E-state index in [-0.39, 0.29) is 5.88 Å². The van der Waals surface area contributed by atoms with Crippen LogP contribution in [0, 0.1) is 0 Å². The normalized spacial score (nSPS) is 22.2. The van der Waals surface area contributed by atoms with Crippen LogP contribution in [0.4, 0.5) is 0 Å². The van der Waals surface area contributed by atoms with Gasteiger partial charge in [-0.25, -0.2) is 0 Å². The highest BCUT2D eigenvalue weighted by Gasteiger charge is 2.40. The second-order valence-corrected chi connectivity index (χ2v) is 6.91. The summed E-state index contributed by atoms with van der Waals surface area (Å²) in [6, 6.07) is -0.936. The molecule has 0 aromatic carbocycles. The Kier molecular flexibility index (Phi) is 5.23. The highest BCUT2D eigenvalue weighted by molar-refractivity contribution is 8.00. The molecule has 8 heteroatoms. The van der Waals surface area contributed by atoms with E-state index in [1.807, 2.05) is 6.92 Å². The summed E-state index contributed by atoms with van der Waals surface area (Å²) < 4.78 is 26.6. The Bertz CT molecular complexity index is 371. The predicted molar refractivity (Wildman–Crippen MR) is 67.0 cm³/mol. The van der Waals surface area contributed by atoms with E-state index in [9.17, 15) is 13.2 Å². The zero-order valence-corrected chi connectivity index (χ0v) is 11.6. The van der Waals surface area contributed by atoms with E-state index in [0.717, 1.165) is 17.1 Å². The SMILES string of the molecule is CCCCN(C)S(=O)(=O)N1CSC[C@H]1C(=O)O. The fraction of sp³-hybridized carbons (Fsp3) is 0.889. The van der Waals surface area contributed by atoms with Crippen LogP contribution in [0.15, 0.2) is 0 Å². The summed E-state index contributed by atoms with van der Waals surface area (Å²) in [5, 5.41) is 8.97. The Morgan fingerprint density at radius 1 is 1.59 bits per heavy atom. The molecule has 1 N–H and O–H groups in total. The predicted octanol–water partition coefficient (Wildman–Crippen LogP) is 0.423. The zero-order valence-electron chi connectivity index (χ0n) is 10.00. The lowest BCUT2D eigenvalue weighted by Gasteiger charge is -2.26. The number of aliphatic carboxylic acids is 1. The summed E-state index contributed by atoms with van der Waals surface area (Å²) in [6.45, 7) is 2.40. The van der Waals surface area contributed by atoms with E-state index in [4.69, 9.17) is 5.11 Å². The average molecular weight is 282 g/mol. The van der Waals surface area contributed by atoms with Crippen LogP contribution < -0.4 is 0 Å². The van der Waals surface area contributed by atoms with Crippen LogP contribution in [0.3, 0.4) is 0 Å². The van der Waals surface area contributed by atoms with Crippen LogP contribution in [-0.4, -0.2) is 59.4 Å². The fourth-order valence-electron chi connectivity index (χ4n) is 1.52. The van der Waals surface area contributed by atoms with Crippen molar-refractivity contribution in [1.29, 1.82) is 0 Å². The fourth-order valence-corrected chi connectivity index (χ4v) is 4.59. The van der Waals surface area contributed by atoms with Gasteiger partial charge in [-0.2, -0.15) is 17.0 Å². The van der Waals surface area contributed by atoms with Crippen molar-refractivity contribution < 1.29 is 18.3 Å². The molecular formula is C9H18N2O4S2. The molecule has 0 amide bonds. The molecule has 0 unspecified atom stereocenters. The summed E-state index contributed by atoms with van der Waals surface area (Å²) in [5.41, 5.74) is 0. The van der Waals surface area contributed by atoms with Crippen molar-refractivity contribution in [3.05, 3.63) is 0 Å². The molecule has 100 valence electrons. The molecule has 6 nitrogen and oxygen atoms in total. The third-order valence-electron chi connectivity index (χ3n) is 2.64. The van der Waals surface area contributed by atoms with Crippen LogP contribution in [0.1, 0.15) is 19.8 Å². The van der Waals surface area contributed by atoms with Gasteiger partial charge in [0, 0.05) is 19.3 Å². The standard InChI is InChI=1S/C9H18N2O4S2/c1-3-4-5-10(2)17(14,15)11-7-16-6-8(11)9(12)13/h8H,3-7H2,1-2H3,(H,12,13)/t8-/m0/s1. The topological polar surface area (TPSA) is 77.9 Å². The number of unbranched alkanes of at least 4 members (excludes halogenated alkanes) is 1. The van der Waals surface area contributed by atoms with Crippen molar-refractivity contribution in [2.45, 2.75) is 25.8 Å². The highest BCUT2D eigenvalue weighted by Crippen LogP contribution is 2.25. The third kappa shape index (κ3) is 3.34. The van der Waals surface area contributed by atoms with Crippen molar-refractivity contribution in [3.8, 4) is 0 Å². The van der Waals surface area contributed by atoms with E-state index < -0.39 is 22.2 Å². The highest BCUT2D eigenvalue weighted by atomic mass is 32.2. The molecular weight excluding hydrogens is 264 g/mol. The number of nitrogens with zero attached hydrogens (tertiary/aromatic N) is 2. The molecule has 1 atom stereocenters. The van der Waals surface area contributed by atoms with Gasteiger partial charge in [0.1, 0.15) is 6.04 Å². The summed E-state index contributed by atoms with van der Waals surface area (Å²) in [7, 11) is -2.15. The number of carboxylic acid groups (broad SMARTS) is 1. The number of hydrogen-bond acceptors (Lipinski definition) is 4. The molecule has 0 radical (unpaired) electrons. The summed E-state index contributed by atoms with van der Waals surface area (Å²) in [4.78, 5) is 11.0. The zero-order chi connectivity index (χ0) is 13.1. The van der Waals surface area contributed by atoms with E-state index in [1.165, 1.54) is 23.1 Å². The molecule has 1 aliphatic rings. The molecule has 1 saturated heterocycles. The van der Waals surface area contributed by atoms with Crippen molar-refractivity contribution in [1.82, 2.24) is 8.61 Å². The van der Waals surface area contributed by atoms with Gasteiger partial charge in [0.05, 0.1) is 5.88 Å². The van der Waals surface area contributed by atoms with Gasteiger partial charge >= 0.3 is 5.97 Å². The summed E-state index contributed by atoms with van der Waals surface area (Å²) in [5.74, 6) is -0.547. The molecule has 17 heavy (non-hydrogen) atoms. The molecule has 0 bridgehead atoms. The van der Waals surface area contributed by atoms with Crippen LogP contribution >= 0.6 is 11.8 Å². The second kappa shape index (κ2) is 6.03. The molecule has 1 aliphatic heterocycles.